The maximum atomic E-state index is 5.31. The Morgan fingerprint density at radius 2 is 1.88 bits per heavy atom. The molecule has 1 rings (SSSR count). The molecule has 5 heteroatoms. The second-order valence-electron chi connectivity index (χ2n) is 3.44. The van der Waals surface area contributed by atoms with E-state index in [2.05, 4.69) is 10.7 Å². The molecule has 0 atom stereocenters. The maximum Gasteiger partial charge on any atom is 0.123 e. The maximum absolute atomic E-state index is 5.31. The summed E-state index contributed by atoms with van der Waals surface area (Å²) in [5, 5.41) is 3.13. The van der Waals surface area contributed by atoms with Crippen LogP contribution in [0.4, 0.5) is 0 Å². The lowest BCUT2D eigenvalue weighted by Crippen LogP contribution is -2.33. The van der Waals surface area contributed by atoms with Gasteiger partial charge in [0.25, 0.3) is 0 Å². The molecule has 0 unspecified atom stereocenters. The summed E-state index contributed by atoms with van der Waals surface area (Å²) in [6.07, 6.45) is 0. The molecule has 0 saturated heterocycles. The molecule has 0 aromatic heterocycles. The highest BCUT2D eigenvalue weighted by molar-refractivity contribution is 5.45. The van der Waals surface area contributed by atoms with E-state index in [1.165, 1.54) is 0 Å². The van der Waals surface area contributed by atoms with Crippen molar-refractivity contribution in [1.82, 2.24) is 10.7 Å². The number of hydrazine groups is 1. The summed E-state index contributed by atoms with van der Waals surface area (Å²) in [6, 6.07) is 3.93. The molecule has 0 spiro atoms. The Balaban J connectivity index is 2.86. The number of rotatable bonds is 6. The molecule has 0 radical (unpaired) electrons. The molecule has 0 fully saturated rings. The van der Waals surface area contributed by atoms with Gasteiger partial charge in [-0.05, 0) is 24.6 Å². The SMILES string of the molecule is COc1cc(CNCNN)c(OC)cc1C. The van der Waals surface area contributed by atoms with Gasteiger partial charge < -0.3 is 9.47 Å². The van der Waals surface area contributed by atoms with Gasteiger partial charge >= 0.3 is 0 Å². The summed E-state index contributed by atoms with van der Waals surface area (Å²) in [5.74, 6) is 6.88. The van der Waals surface area contributed by atoms with Crippen molar-refractivity contribution in [3.8, 4) is 11.5 Å². The highest BCUT2D eigenvalue weighted by Crippen LogP contribution is 2.27. The average Bonchev–Trinajstić information content (AvgIpc) is 2.30. The van der Waals surface area contributed by atoms with Crippen molar-refractivity contribution in [3.63, 3.8) is 0 Å². The zero-order valence-electron chi connectivity index (χ0n) is 9.96. The zero-order valence-corrected chi connectivity index (χ0v) is 9.96. The quantitative estimate of drug-likeness (QED) is 0.285. The predicted octanol–water partition coefficient (Wildman–Crippen LogP) is 0.523. The fourth-order valence-corrected chi connectivity index (χ4v) is 1.52. The lowest BCUT2D eigenvalue weighted by Gasteiger charge is -2.13. The first kappa shape index (κ1) is 12.8. The summed E-state index contributed by atoms with van der Waals surface area (Å²) in [7, 11) is 3.32. The van der Waals surface area contributed by atoms with Gasteiger partial charge in [0.15, 0.2) is 0 Å². The van der Waals surface area contributed by atoms with E-state index in [0.717, 1.165) is 22.6 Å². The van der Waals surface area contributed by atoms with E-state index < -0.39 is 0 Å². The number of methoxy groups -OCH3 is 2. The molecule has 0 heterocycles. The molecule has 16 heavy (non-hydrogen) atoms. The first-order valence-corrected chi connectivity index (χ1v) is 5.08. The molecule has 0 aliphatic rings. The highest BCUT2D eigenvalue weighted by atomic mass is 16.5. The van der Waals surface area contributed by atoms with Crippen molar-refractivity contribution in [2.75, 3.05) is 20.9 Å². The van der Waals surface area contributed by atoms with E-state index in [9.17, 15) is 0 Å². The number of hydrogen-bond acceptors (Lipinski definition) is 5. The van der Waals surface area contributed by atoms with Crippen LogP contribution in [0.25, 0.3) is 0 Å². The summed E-state index contributed by atoms with van der Waals surface area (Å²) in [4.78, 5) is 0. The molecule has 0 aliphatic carbocycles. The van der Waals surface area contributed by atoms with Crippen LogP contribution in [0.3, 0.4) is 0 Å². The van der Waals surface area contributed by atoms with Crippen LogP contribution in [0.1, 0.15) is 11.1 Å². The number of ether oxygens (including phenoxy) is 2. The van der Waals surface area contributed by atoms with Gasteiger partial charge in [-0.15, -0.1) is 0 Å². The molecule has 5 nitrogen and oxygen atoms in total. The number of nitrogens with one attached hydrogen (secondary N) is 2. The van der Waals surface area contributed by atoms with E-state index in [1.54, 1.807) is 14.2 Å². The minimum atomic E-state index is 0.541. The van der Waals surface area contributed by atoms with Crippen LogP contribution in [-0.4, -0.2) is 20.9 Å². The van der Waals surface area contributed by atoms with Crippen LogP contribution in [0.5, 0.6) is 11.5 Å². The normalized spacial score (nSPS) is 10.2. The fourth-order valence-electron chi connectivity index (χ4n) is 1.52. The van der Waals surface area contributed by atoms with Gasteiger partial charge in [-0.25, -0.2) is 5.43 Å². The number of nitrogens with two attached hydrogens (primary N) is 1. The number of aryl methyl sites for hydroxylation is 1. The van der Waals surface area contributed by atoms with Gasteiger partial charge in [0.1, 0.15) is 11.5 Å². The highest BCUT2D eigenvalue weighted by Gasteiger charge is 2.07. The fraction of sp³-hybridized carbons (Fsp3) is 0.455. The Bertz CT molecular complexity index is 342. The van der Waals surface area contributed by atoms with Crippen LogP contribution in [0, 0.1) is 6.92 Å². The van der Waals surface area contributed by atoms with Crippen LogP contribution in [0.15, 0.2) is 12.1 Å². The molecule has 1 aromatic rings. The van der Waals surface area contributed by atoms with E-state index in [-0.39, 0.29) is 0 Å². The third-order valence-electron chi connectivity index (χ3n) is 2.34. The first-order valence-electron chi connectivity index (χ1n) is 5.08. The smallest absolute Gasteiger partial charge is 0.123 e. The second kappa shape index (κ2) is 6.32. The topological polar surface area (TPSA) is 68.5 Å². The summed E-state index contributed by atoms with van der Waals surface area (Å²) >= 11 is 0. The Labute approximate surface area is 95.9 Å². The summed E-state index contributed by atoms with van der Waals surface area (Å²) < 4.78 is 10.6. The van der Waals surface area contributed by atoms with Crippen LogP contribution < -0.4 is 26.1 Å². The predicted molar refractivity (Wildman–Crippen MR) is 63.3 cm³/mol. The van der Waals surface area contributed by atoms with Crippen LogP contribution in [0.2, 0.25) is 0 Å². The summed E-state index contributed by atoms with van der Waals surface area (Å²) in [5.41, 5.74) is 4.63. The molecule has 1 aromatic carbocycles. The van der Waals surface area contributed by atoms with Crippen LogP contribution >= 0.6 is 0 Å². The van der Waals surface area contributed by atoms with Gasteiger partial charge in [0.05, 0.1) is 20.9 Å². The van der Waals surface area contributed by atoms with Crippen molar-refractivity contribution in [3.05, 3.63) is 23.3 Å². The molecular formula is C11H19N3O2. The Morgan fingerprint density at radius 3 is 2.44 bits per heavy atom. The molecule has 0 amide bonds. The van der Waals surface area contributed by atoms with E-state index in [1.807, 2.05) is 19.1 Å². The molecule has 0 saturated carbocycles. The van der Waals surface area contributed by atoms with Crippen molar-refractivity contribution in [2.24, 2.45) is 5.84 Å². The molecule has 90 valence electrons. The lowest BCUT2D eigenvalue weighted by atomic mass is 10.1. The third kappa shape index (κ3) is 3.10. The van der Waals surface area contributed by atoms with Crippen molar-refractivity contribution >= 4 is 0 Å². The first-order chi connectivity index (χ1) is 7.72. The van der Waals surface area contributed by atoms with Crippen LogP contribution in [-0.2, 0) is 6.54 Å². The monoisotopic (exact) mass is 225 g/mol. The molecule has 4 N–H and O–H groups in total. The average molecular weight is 225 g/mol. The Morgan fingerprint density at radius 1 is 1.19 bits per heavy atom. The molecule has 0 bridgehead atoms. The summed E-state index contributed by atoms with van der Waals surface area (Å²) in [6.45, 7) is 3.20. The largest absolute Gasteiger partial charge is 0.496 e. The van der Waals surface area contributed by atoms with E-state index in [4.69, 9.17) is 15.3 Å². The van der Waals surface area contributed by atoms with Gasteiger partial charge in [-0.3, -0.25) is 11.2 Å². The third-order valence-corrected chi connectivity index (χ3v) is 2.34. The van der Waals surface area contributed by atoms with Gasteiger partial charge in [-0.2, -0.15) is 0 Å². The van der Waals surface area contributed by atoms with Crippen molar-refractivity contribution < 1.29 is 9.47 Å². The number of benzene rings is 1. The number of hydrogen-bond donors (Lipinski definition) is 3. The van der Waals surface area contributed by atoms with E-state index >= 15 is 0 Å². The van der Waals surface area contributed by atoms with E-state index in [0.29, 0.717) is 13.2 Å². The van der Waals surface area contributed by atoms with Crippen molar-refractivity contribution in [1.29, 1.82) is 0 Å². The molecular weight excluding hydrogens is 206 g/mol. The van der Waals surface area contributed by atoms with Crippen molar-refractivity contribution in [2.45, 2.75) is 13.5 Å². The Kier molecular flexibility index (Phi) is 5.04. The standard InChI is InChI=1S/C11H19N3O2/c1-8-4-11(16-3)9(5-10(8)15-2)6-13-7-14-12/h4-5,13-14H,6-7,12H2,1-3H3. The minimum absolute atomic E-state index is 0.541. The minimum Gasteiger partial charge on any atom is -0.496 e. The zero-order chi connectivity index (χ0) is 12.0. The second-order valence-corrected chi connectivity index (χ2v) is 3.44. The lowest BCUT2D eigenvalue weighted by molar-refractivity contribution is 0.394. The van der Waals surface area contributed by atoms with Gasteiger partial charge in [0.2, 0.25) is 0 Å². The molecule has 0 aliphatic heterocycles. The van der Waals surface area contributed by atoms with Gasteiger partial charge in [0, 0.05) is 12.1 Å². The van der Waals surface area contributed by atoms with Gasteiger partial charge in [-0.1, -0.05) is 0 Å². The Hall–Kier alpha value is -1.30.